The minimum absolute atomic E-state index is 0.0359. The van der Waals surface area contributed by atoms with Gasteiger partial charge in [0.15, 0.2) is 5.78 Å². The molecule has 1 aromatic heterocycles. The highest BCUT2D eigenvalue weighted by molar-refractivity contribution is 5.94. The second kappa shape index (κ2) is 7.67. The monoisotopic (exact) mass is 338 g/mol. The van der Waals surface area contributed by atoms with Crippen molar-refractivity contribution < 1.29 is 14.6 Å². The molecule has 1 heterocycles. The minimum Gasteiger partial charge on any atom is -0.491 e. The Bertz CT molecular complexity index is 848. The van der Waals surface area contributed by atoms with E-state index in [-0.39, 0.29) is 18.9 Å². The number of nitrogens with zero attached hydrogens (tertiary/aromatic N) is 4. The summed E-state index contributed by atoms with van der Waals surface area (Å²) in [4.78, 5) is 12.7. The summed E-state index contributed by atoms with van der Waals surface area (Å²) in [6.07, 6.45) is -0.807. The van der Waals surface area contributed by atoms with Crippen LogP contribution in [0.1, 0.15) is 17.3 Å². The van der Waals surface area contributed by atoms with Gasteiger partial charge in [0.2, 0.25) is 5.82 Å². The molecule has 0 aliphatic rings. The lowest BCUT2D eigenvalue weighted by Crippen LogP contribution is -2.25. The van der Waals surface area contributed by atoms with Gasteiger partial charge in [-0.15, -0.1) is 10.2 Å². The Hall–Kier alpha value is -3.06. The zero-order valence-corrected chi connectivity index (χ0v) is 13.7. The molecule has 0 saturated carbocycles. The van der Waals surface area contributed by atoms with E-state index in [0.29, 0.717) is 17.1 Å². The van der Waals surface area contributed by atoms with Gasteiger partial charge in [-0.25, -0.2) is 0 Å². The zero-order chi connectivity index (χ0) is 17.6. The summed E-state index contributed by atoms with van der Waals surface area (Å²) in [5, 5.41) is 22.3. The number of tetrazole rings is 1. The molecule has 25 heavy (non-hydrogen) atoms. The fraction of sp³-hybridized carbons (Fsp3) is 0.222. The van der Waals surface area contributed by atoms with Gasteiger partial charge in [0.05, 0.1) is 6.54 Å². The highest BCUT2D eigenvalue weighted by atomic mass is 16.5. The van der Waals surface area contributed by atoms with Gasteiger partial charge in [0.1, 0.15) is 18.5 Å². The minimum atomic E-state index is -0.807. The maximum absolute atomic E-state index is 11.4. The van der Waals surface area contributed by atoms with Crippen LogP contribution in [0.4, 0.5) is 0 Å². The number of rotatable bonds is 7. The molecule has 0 radical (unpaired) electrons. The normalized spacial score (nSPS) is 11.9. The topological polar surface area (TPSA) is 90.1 Å². The molecule has 1 atom stereocenters. The molecule has 0 aliphatic heterocycles. The smallest absolute Gasteiger partial charge is 0.204 e. The number of ketones is 1. The van der Waals surface area contributed by atoms with Crippen molar-refractivity contribution in [1.29, 1.82) is 0 Å². The molecule has 3 aromatic rings. The van der Waals surface area contributed by atoms with Crippen molar-refractivity contribution in [3.05, 3.63) is 60.2 Å². The SMILES string of the molecule is CC(=O)c1cccc(OCC(O)Cn2nnc(-c3ccccc3)n2)c1. The standard InChI is InChI=1S/C18H18N4O3/c1-13(23)15-8-5-9-17(10-15)25-12-16(24)11-22-20-18(19-21-22)14-6-3-2-4-7-14/h2-10,16,24H,11-12H2,1H3. The number of hydrogen-bond acceptors (Lipinski definition) is 6. The van der Waals surface area contributed by atoms with Gasteiger partial charge < -0.3 is 9.84 Å². The van der Waals surface area contributed by atoms with Gasteiger partial charge in [-0.1, -0.05) is 42.5 Å². The fourth-order valence-electron chi connectivity index (χ4n) is 2.26. The molecule has 1 N–H and O–H groups in total. The van der Waals surface area contributed by atoms with Gasteiger partial charge in [-0.2, -0.15) is 4.80 Å². The molecule has 0 aliphatic carbocycles. The summed E-state index contributed by atoms with van der Waals surface area (Å²) in [5.74, 6) is 0.998. The predicted molar refractivity (Wildman–Crippen MR) is 91.2 cm³/mol. The molecule has 0 fully saturated rings. The van der Waals surface area contributed by atoms with Crippen molar-refractivity contribution in [2.75, 3.05) is 6.61 Å². The molecule has 128 valence electrons. The second-order valence-corrected chi connectivity index (χ2v) is 5.58. The van der Waals surface area contributed by atoms with Crippen molar-refractivity contribution in [2.24, 2.45) is 0 Å². The predicted octanol–water partition coefficient (Wildman–Crippen LogP) is 1.98. The van der Waals surface area contributed by atoms with E-state index in [1.54, 1.807) is 24.3 Å². The molecule has 0 bridgehead atoms. The van der Waals surface area contributed by atoms with Crippen molar-refractivity contribution in [3.8, 4) is 17.1 Å². The molecule has 2 aromatic carbocycles. The van der Waals surface area contributed by atoms with Crippen LogP contribution in [0.2, 0.25) is 0 Å². The average molecular weight is 338 g/mol. The Balaban J connectivity index is 1.56. The van der Waals surface area contributed by atoms with Gasteiger partial charge in [0.25, 0.3) is 0 Å². The maximum Gasteiger partial charge on any atom is 0.204 e. The highest BCUT2D eigenvalue weighted by Gasteiger charge is 2.11. The Morgan fingerprint density at radius 3 is 2.76 bits per heavy atom. The third kappa shape index (κ3) is 4.48. The molecule has 7 heteroatoms. The first-order valence-electron chi connectivity index (χ1n) is 7.87. The van der Waals surface area contributed by atoms with E-state index in [2.05, 4.69) is 15.4 Å². The third-order valence-corrected chi connectivity index (χ3v) is 3.54. The Labute approximate surface area is 144 Å². The molecule has 0 saturated heterocycles. The highest BCUT2D eigenvalue weighted by Crippen LogP contribution is 2.14. The van der Waals surface area contributed by atoms with Gasteiger partial charge >= 0.3 is 0 Å². The summed E-state index contributed by atoms with van der Waals surface area (Å²) < 4.78 is 5.53. The molecule has 3 rings (SSSR count). The summed E-state index contributed by atoms with van der Waals surface area (Å²) >= 11 is 0. The second-order valence-electron chi connectivity index (χ2n) is 5.58. The van der Waals surface area contributed by atoms with Gasteiger partial charge in [-0.05, 0) is 24.3 Å². The number of carbonyl (C=O) groups excluding carboxylic acids is 1. The van der Waals surface area contributed by atoms with Crippen molar-refractivity contribution in [3.63, 3.8) is 0 Å². The Kier molecular flexibility index (Phi) is 5.15. The molecule has 0 amide bonds. The lowest BCUT2D eigenvalue weighted by atomic mass is 10.1. The van der Waals surface area contributed by atoms with Crippen molar-refractivity contribution >= 4 is 5.78 Å². The van der Waals surface area contributed by atoms with E-state index in [0.717, 1.165) is 5.56 Å². The summed E-state index contributed by atoms with van der Waals surface area (Å²) in [6, 6.07) is 16.3. The van der Waals surface area contributed by atoms with Crippen LogP contribution in [0.3, 0.4) is 0 Å². The quantitative estimate of drug-likeness (QED) is 0.663. The van der Waals surface area contributed by atoms with Gasteiger partial charge in [0, 0.05) is 11.1 Å². The van der Waals surface area contributed by atoms with Gasteiger partial charge in [-0.3, -0.25) is 4.79 Å². The fourth-order valence-corrected chi connectivity index (χ4v) is 2.26. The third-order valence-electron chi connectivity index (χ3n) is 3.54. The van der Waals surface area contributed by atoms with Crippen LogP contribution >= 0.6 is 0 Å². The van der Waals surface area contributed by atoms with Crippen molar-refractivity contribution in [2.45, 2.75) is 19.6 Å². The first-order chi connectivity index (χ1) is 12.1. The van der Waals surface area contributed by atoms with E-state index in [1.807, 2.05) is 30.3 Å². The number of hydrogen-bond donors (Lipinski definition) is 1. The molecular formula is C18H18N4O3. The van der Waals surface area contributed by atoms with Crippen LogP contribution in [0.15, 0.2) is 54.6 Å². The number of aromatic nitrogens is 4. The molecule has 7 nitrogen and oxygen atoms in total. The summed E-state index contributed by atoms with van der Waals surface area (Å²) in [6.45, 7) is 1.71. The lowest BCUT2D eigenvalue weighted by Gasteiger charge is -2.11. The molecule has 0 spiro atoms. The Morgan fingerprint density at radius 1 is 1.20 bits per heavy atom. The van der Waals surface area contributed by atoms with Crippen LogP contribution in [-0.4, -0.2) is 43.8 Å². The van der Waals surface area contributed by atoms with Crippen LogP contribution in [0.25, 0.3) is 11.4 Å². The maximum atomic E-state index is 11.4. The number of aliphatic hydroxyl groups is 1. The number of Topliss-reactive ketones (excluding diaryl/α,β-unsaturated/α-hetero) is 1. The largest absolute Gasteiger partial charge is 0.491 e. The van der Waals surface area contributed by atoms with Crippen LogP contribution in [0.5, 0.6) is 5.75 Å². The van der Waals surface area contributed by atoms with Crippen molar-refractivity contribution in [1.82, 2.24) is 20.2 Å². The average Bonchev–Trinajstić information content (AvgIpc) is 3.09. The molecule has 1 unspecified atom stereocenters. The van der Waals surface area contributed by atoms with E-state index in [9.17, 15) is 9.90 Å². The van der Waals surface area contributed by atoms with E-state index < -0.39 is 6.10 Å². The number of benzene rings is 2. The zero-order valence-electron chi connectivity index (χ0n) is 13.7. The summed E-state index contributed by atoms with van der Waals surface area (Å²) in [7, 11) is 0. The number of carbonyl (C=O) groups is 1. The Morgan fingerprint density at radius 2 is 2.00 bits per heavy atom. The number of ether oxygens (including phenoxy) is 1. The van der Waals surface area contributed by atoms with E-state index >= 15 is 0 Å². The number of aliphatic hydroxyl groups excluding tert-OH is 1. The van der Waals surface area contributed by atoms with Crippen LogP contribution in [-0.2, 0) is 6.54 Å². The van der Waals surface area contributed by atoms with Crippen LogP contribution < -0.4 is 4.74 Å². The first kappa shape index (κ1) is 16.8. The summed E-state index contributed by atoms with van der Waals surface area (Å²) in [5.41, 5.74) is 1.43. The lowest BCUT2D eigenvalue weighted by molar-refractivity contribution is 0.0849. The first-order valence-corrected chi connectivity index (χ1v) is 7.87. The van der Waals surface area contributed by atoms with E-state index in [4.69, 9.17) is 4.74 Å². The van der Waals surface area contributed by atoms with E-state index in [1.165, 1.54) is 11.7 Å². The molecular weight excluding hydrogens is 320 g/mol. The van der Waals surface area contributed by atoms with Crippen LogP contribution in [0, 0.1) is 0 Å².